The predicted octanol–water partition coefficient (Wildman–Crippen LogP) is 13.3. The Kier molecular flexibility index (Phi) is 38.0. The molecule has 0 heterocycles. The second kappa shape index (κ2) is 37.8. The monoisotopic (exact) mass is 691 g/mol. The molecule has 0 amide bonds. The van der Waals surface area contributed by atoms with E-state index in [0.29, 0.717) is 26.4 Å². The van der Waals surface area contributed by atoms with E-state index < -0.39 is 0 Å². The molecule has 4 nitrogen and oxygen atoms in total. The fourth-order valence-electron chi connectivity index (χ4n) is 5.83. The van der Waals surface area contributed by atoms with Gasteiger partial charge in [0.15, 0.2) is 0 Å². The van der Waals surface area contributed by atoms with Gasteiger partial charge in [-0.25, -0.2) is 9.78 Å². The Balaban J connectivity index is 3.74. The average Bonchev–Trinajstić information content (AvgIpc) is 3.03. The molecule has 0 unspecified atom stereocenters. The van der Waals surface area contributed by atoms with E-state index in [0.717, 1.165) is 31.4 Å². The van der Waals surface area contributed by atoms with E-state index >= 15 is 0 Å². The summed E-state index contributed by atoms with van der Waals surface area (Å²) in [5, 5.41) is 0.773. The molecule has 0 rings (SSSR count). The maximum Gasteiger partial charge on any atom is 0.0920 e. The van der Waals surface area contributed by atoms with Crippen molar-refractivity contribution in [3.63, 3.8) is 0 Å². The zero-order valence-corrected chi connectivity index (χ0v) is 31.8. The maximum atomic E-state index is 6.12. The van der Waals surface area contributed by atoms with Gasteiger partial charge in [-0.05, 0) is 12.8 Å². The fourth-order valence-corrected chi connectivity index (χ4v) is 5.97. The van der Waals surface area contributed by atoms with Gasteiger partial charge in [0.05, 0.1) is 26.4 Å². The molecule has 0 fully saturated rings. The van der Waals surface area contributed by atoms with E-state index in [1.54, 1.807) is 0 Å². The van der Waals surface area contributed by atoms with Crippen molar-refractivity contribution < 1.29 is 19.2 Å². The molecule has 0 aliphatic rings. The number of hydrogen-bond donors (Lipinski definition) is 0. The van der Waals surface area contributed by atoms with Crippen LogP contribution >= 0.6 is 15.9 Å². The van der Waals surface area contributed by atoms with Gasteiger partial charge in [-0.3, -0.25) is 0 Å². The van der Waals surface area contributed by atoms with Crippen LogP contribution in [0.1, 0.15) is 201 Å². The molecule has 0 aromatic rings. The minimum absolute atomic E-state index is 0.182. The van der Waals surface area contributed by atoms with Crippen LogP contribution in [0.3, 0.4) is 0 Å². The van der Waals surface area contributed by atoms with E-state index in [9.17, 15) is 0 Å². The molecule has 0 bridgehead atoms. The number of halogens is 1. The first-order chi connectivity index (χ1) is 21.7. The Hall–Kier alpha value is 0.320. The molecule has 0 spiro atoms. The number of rotatable bonds is 39. The lowest BCUT2D eigenvalue weighted by Crippen LogP contribution is -2.34. The van der Waals surface area contributed by atoms with Crippen molar-refractivity contribution in [3.8, 4) is 0 Å². The van der Waals surface area contributed by atoms with E-state index in [1.165, 1.54) is 167 Å². The van der Waals surface area contributed by atoms with Crippen LogP contribution in [-0.4, -0.2) is 45.0 Å². The molecule has 44 heavy (non-hydrogen) atoms. The molecule has 5 heteroatoms. The van der Waals surface area contributed by atoms with Crippen molar-refractivity contribution in [1.82, 2.24) is 0 Å². The van der Waals surface area contributed by atoms with Crippen molar-refractivity contribution >= 4 is 15.9 Å². The molecule has 0 aromatic carbocycles. The minimum Gasteiger partial charge on any atom is -0.381 e. The molecule has 0 radical (unpaired) electrons. The fraction of sp³-hybridized carbons (Fsp3) is 1.00. The molecule has 0 aliphatic carbocycles. The third-order valence-electron chi connectivity index (χ3n) is 8.84. The molecule has 0 aromatic heterocycles. The topological polar surface area (TPSA) is 36.9 Å². The van der Waals surface area contributed by atoms with Gasteiger partial charge in [-0.2, -0.15) is 0 Å². The first kappa shape index (κ1) is 44.3. The third-order valence-corrected chi connectivity index (χ3v) is 9.16. The van der Waals surface area contributed by atoms with Crippen LogP contribution in [0.4, 0.5) is 0 Å². The molecule has 0 N–H and O–H groups in total. The van der Waals surface area contributed by atoms with Crippen LogP contribution in [-0.2, 0) is 19.2 Å². The maximum absolute atomic E-state index is 6.12. The van der Waals surface area contributed by atoms with Crippen molar-refractivity contribution in [2.45, 2.75) is 201 Å². The van der Waals surface area contributed by atoms with Gasteiger partial charge in [0.1, 0.15) is 0 Å². The molecule has 0 aliphatic heterocycles. The Morgan fingerprint density at radius 3 is 0.955 bits per heavy atom. The van der Waals surface area contributed by atoms with Crippen molar-refractivity contribution in [2.24, 2.45) is 5.41 Å². The van der Waals surface area contributed by atoms with Gasteiger partial charge >= 0.3 is 0 Å². The van der Waals surface area contributed by atoms with Gasteiger partial charge in [-0.15, -0.1) is 0 Å². The van der Waals surface area contributed by atoms with Gasteiger partial charge in [0.2, 0.25) is 0 Å². The quantitative estimate of drug-likeness (QED) is 0.0278. The highest BCUT2D eigenvalue weighted by atomic mass is 79.9. The highest BCUT2D eigenvalue weighted by Crippen LogP contribution is 2.20. The first-order valence-electron chi connectivity index (χ1n) is 19.6. The SMILES string of the molecule is CCCCCCCCCCCCCCCCOCC(C)(COCCCCCCCCCCCCCCCC)COOCCBr. The standard InChI is InChI=1S/C39H79BrO4/c1-4-6-8-10-12-14-16-18-20-22-24-26-28-30-33-41-36-39(3,38-44-43-35-32-40)37-42-34-31-29-27-25-23-21-19-17-15-13-11-9-7-5-2/h4-38H2,1-3H3. The van der Waals surface area contributed by atoms with Crippen LogP contribution in [0, 0.1) is 5.41 Å². The summed E-state index contributed by atoms with van der Waals surface area (Å²) >= 11 is 3.39. The highest BCUT2D eigenvalue weighted by molar-refractivity contribution is 9.09. The second-order valence-corrected chi connectivity index (χ2v) is 14.7. The molecule has 266 valence electrons. The smallest absolute Gasteiger partial charge is 0.0920 e. The van der Waals surface area contributed by atoms with Crippen LogP contribution in [0.2, 0.25) is 0 Å². The third kappa shape index (κ3) is 35.2. The normalized spacial score (nSPS) is 12.0. The first-order valence-corrected chi connectivity index (χ1v) is 20.8. The van der Waals surface area contributed by atoms with E-state index in [1.807, 2.05) is 0 Å². The lowest BCUT2D eigenvalue weighted by Gasteiger charge is -2.28. The number of hydrogen-bond acceptors (Lipinski definition) is 4. The summed E-state index contributed by atoms with van der Waals surface area (Å²) in [6.45, 7) is 10.8. The van der Waals surface area contributed by atoms with Gasteiger partial charge in [0, 0.05) is 24.0 Å². The lowest BCUT2D eigenvalue weighted by atomic mass is 9.94. The van der Waals surface area contributed by atoms with Crippen LogP contribution < -0.4 is 0 Å². The molecule has 0 saturated carbocycles. The lowest BCUT2D eigenvalue weighted by molar-refractivity contribution is -0.310. The summed E-state index contributed by atoms with van der Waals surface area (Å²) in [5.41, 5.74) is -0.182. The van der Waals surface area contributed by atoms with Crippen LogP contribution in [0.15, 0.2) is 0 Å². The summed E-state index contributed by atoms with van der Waals surface area (Å²) in [6.07, 6.45) is 38.7. The van der Waals surface area contributed by atoms with Crippen LogP contribution in [0.5, 0.6) is 0 Å². The summed E-state index contributed by atoms with van der Waals surface area (Å²) < 4.78 is 12.2. The van der Waals surface area contributed by atoms with Gasteiger partial charge in [0.25, 0.3) is 0 Å². The summed E-state index contributed by atoms with van der Waals surface area (Å²) in [7, 11) is 0. The largest absolute Gasteiger partial charge is 0.381 e. The number of alkyl halides is 1. The van der Waals surface area contributed by atoms with Crippen molar-refractivity contribution in [2.75, 3.05) is 45.0 Å². The summed E-state index contributed by atoms with van der Waals surface area (Å²) in [5.74, 6) is 0. The summed E-state index contributed by atoms with van der Waals surface area (Å²) in [6, 6.07) is 0. The van der Waals surface area contributed by atoms with Gasteiger partial charge < -0.3 is 9.47 Å². The van der Waals surface area contributed by atoms with Crippen LogP contribution in [0.25, 0.3) is 0 Å². The highest BCUT2D eigenvalue weighted by Gasteiger charge is 2.26. The molecule has 0 atom stereocenters. The zero-order valence-electron chi connectivity index (χ0n) is 30.3. The van der Waals surface area contributed by atoms with Crippen molar-refractivity contribution in [1.29, 1.82) is 0 Å². The second-order valence-electron chi connectivity index (χ2n) is 13.9. The van der Waals surface area contributed by atoms with Crippen molar-refractivity contribution in [3.05, 3.63) is 0 Å². The predicted molar refractivity (Wildman–Crippen MR) is 196 cm³/mol. The Labute approximate surface area is 285 Å². The minimum atomic E-state index is -0.182. The van der Waals surface area contributed by atoms with E-state index in [-0.39, 0.29) is 5.41 Å². The summed E-state index contributed by atoms with van der Waals surface area (Å²) in [4.78, 5) is 10.8. The average molecular weight is 692 g/mol. The Morgan fingerprint density at radius 2 is 0.659 bits per heavy atom. The molecular formula is C39H79BrO4. The van der Waals surface area contributed by atoms with E-state index in [4.69, 9.17) is 19.2 Å². The Morgan fingerprint density at radius 1 is 0.364 bits per heavy atom. The molecular weight excluding hydrogens is 612 g/mol. The van der Waals surface area contributed by atoms with Gasteiger partial charge in [-0.1, -0.05) is 204 Å². The molecule has 0 saturated heterocycles. The van der Waals surface area contributed by atoms with E-state index in [2.05, 4.69) is 36.7 Å². The number of unbranched alkanes of at least 4 members (excludes halogenated alkanes) is 26. The number of ether oxygens (including phenoxy) is 2. The Bertz CT molecular complexity index is 482. The zero-order chi connectivity index (χ0) is 32.1.